The van der Waals surface area contributed by atoms with Gasteiger partial charge in [-0.3, -0.25) is 0 Å². The van der Waals surface area contributed by atoms with Crippen molar-refractivity contribution in [3.8, 4) is 9.47 Å². The van der Waals surface area contributed by atoms with Crippen molar-refractivity contribution >= 4 is 44.1 Å². The molecule has 0 aromatic heterocycles. The Kier molecular flexibility index (Phi) is 7.76. The Morgan fingerprint density at radius 2 is 1.38 bits per heavy atom. The molecule has 1 heterocycles. The molecule has 34 heavy (non-hydrogen) atoms. The maximum atomic E-state index is 14.1. The van der Waals surface area contributed by atoms with Gasteiger partial charge in [0.05, 0.1) is 0 Å². The average Bonchev–Trinajstić information content (AvgIpc) is 2.99. The Morgan fingerprint density at radius 3 is 1.88 bits per heavy atom. The number of sulfonamides is 1. The second-order valence-corrected chi connectivity index (χ2v) is 22.2. The molecule has 2 aromatic rings. The first-order valence-corrected chi connectivity index (χ1v) is 18.6. The van der Waals surface area contributed by atoms with Gasteiger partial charge in [-0.2, -0.15) is 0 Å². The maximum absolute atomic E-state index is 14.1. The average molecular weight is 610 g/mol. The van der Waals surface area contributed by atoms with Crippen LogP contribution in [0.3, 0.4) is 0 Å². The number of carbonyl (C=O) groups excluding carboxylic acids is 1. The van der Waals surface area contributed by atoms with Crippen LogP contribution in [-0.4, -0.2) is 24.9 Å². The van der Waals surface area contributed by atoms with Crippen LogP contribution < -0.4 is 0 Å². The molecule has 1 amide bonds. The van der Waals surface area contributed by atoms with Crippen LogP contribution in [0.25, 0.3) is 0 Å². The summed E-state index contributed by atoms with van der Waals surface area (Å²) in [7, 11) is -6.14. The Labute approximate surface area is 214 Å². The van der Waals surface area contributed by atoms with Crippen LogP contribution in [-0.2, 0) is 10.0 Å². The molecule has 0 fully saturated rings. The van der Waals surface area contributed by atoms with E-state index in [1.54, 1.807) is 26.0 Å². The van der Waals surface area contributed by atoms with Crippen molar-refractivity contribution in [1.29, 1.82) is 0 Å². The number of halogens is 1. The monoisotopic (exact) mass is 609 g/mol. The second kappa shape index (κ2) is 9.79. The van der Waals surface area contributed by atoms with Crippen molar-refractivity contribution in [2.75, 3.05) is 0 Å². The number of benzene rings is 2. The van der Waals surface area contributed by atoms with Gasteiger partial charge in [-0.25, -0.2) is 0 Å². The molecule has 0 aliphatic carbocycles. The second-order valence-electron chi connectivity index (χ2n) is 10.1. The summed E-state index contributed by atoms with van der Waals surface area (Å²) >= 11 is -2.89. The minimum atomic E-state index is -4.04. The number of amides is 1. The normalized spacial score (nSPS) is 15.2. The quantitative estimate of drug-likeness (QED) is 0.156. The van der Waals surface area contributed by atoms with Crippen molar-refractivity contribution in [3.05, 3.63) is 62.2 Å². The van der Waals surface area contributed by atoms with Crippen LogP contribution in [0.15, 0.2) is 41.3 Å². The molecule has 0 N–H and O–H groups in total. The third-order valence-electron chi connectivity index (χ3n) is 6.90. The summed E-state index contributed by atoms with van der Waals surface area (Å²) in [6.45, 7) is 19.0. The molecule has 4 nitrogen and oxygen atoms in total. The molecule has 0 saturated carbocycles. The summed E-state index contributed by atoms with van der Waals surface area (Å²) in [4.78, 5) is 13.8. The van der Waals surface area contributed by atoms with Crippen LogP contribution in [0.4, 0.5) is 0 Å². The summed E-state index contributed by atoms with van der Waals surface area (Å²) in [5.41, 5.74) is 7.83. The summed E-state index contributed by atoms with van der Waals surface area (Å²) in [6, 6.07) is 11.1. The van der Waals surface area contributed by atoms with Crippen LogP contribution in [0.5, 0.6) is 0 Å². The van der Waals surface area contributed by atoms with Gasteiger partial charge < -0.3 is 0 Å². The molecule has 2 aromatic carbocycles. The Hall–Kier alpha value is -1.63. The van der Waals surface area contributed by atoms with Crippen LogP contribution in [0, 0.1) is 33.8 Å². The predicted octanol–water partition coefficient (Wildman–Crippen LogP) is 7.23. The molecular formula is C27H36INO3SSi. The van der Waals surface area contributed by atoms with E-state index < -0.39 is 44.1 Å². The topological polar surface area (TPSA) is 54.5 Å². The number of fused-ring (bicyclic) bond motifs is 1. The first-order valence-electron chi connectivity index (χ1n) is 11.8. The Morgan fingerprint density at radius 1 is 0.882 bits per heavy atom. The van der Waals surface area contributed by atoms with Gasteiger partial charge >= 0.3 is 215 Å². The Balaban J connectivity index is 2.28. The summed E-state index contributed by atoms with van der Waals surface area (Å²) < 4.78 is 33.7. The standard InChI is InChI=1S/C27H36INO3SSi/c1-18(2)34(19(3)4,20(5)6)15-14-28-25-13-11-10-12-24(25)27(30)29(28)33(31,32)26-22(8)16-21(7)17-23(26)9/h10-13,16-20H,1-9H3. The summed E-state index contributed by atoms with van der Waals surface area (Å²) in [6.07, 6.45) is 0. The minimum absolute atomic E-state index is 0.239. The molecule has 0 spiro atoms. The number of nitrogens with zero attached hydrogens (tertiary/aromatic N) is 1. The van der Waals surface area contributed by atoms with Gasteiger partial charge in [0, 0.05) is 0 Å². The number of rotatable bonds is 5. The Bertz CT molecular complexity index is 1240. The zero-order chi connectivity index (χ0) is 25.6. The van der Waals surface area contributed by atoms with Gasteiger partial charge in [0.25, 0.3) is 0 Å². The van der Waals surface area contributed by atoms with E-state index >= 15 is 0 Å². The molecule has 184 valence electrons. The fourth-order valence-corrected chi connectivity index (χ4v) is 20.5. The van der Waals surface area contributed by atoms with E-state index in [9.17, 15) is 13.2 Å². The molecule has 1 aliphatic rings. The van der Waals surface area contributed by atoms with Crippen molar-refractivity contribution in [2.45, 2.75) is 83.8 Å². The summed E-state index contributed by atoms with van der Waals surface area (Å²) in [5.74, 6) is -0.430. The van der Waals surface area contributed by atoms with Crippen molar-refractivity contribution in [2.24, 2.45) is 0 Å². The van der Waals surface area contributed by atoms with Crippen LogP contribution in [0.1, 0.15) is 68.6 Å². The molecule has 3 rings (SSSR count). The first kappa shape index (κ1) is 27.0. The molecule has 0 atom stereocenters. The first-order chi connectivity index (χ1) is 15.8. The molecule has 0 unspecified atom stereocenters. The van der Waals surface area contributed by atoms with E-state index in [0.29, 0.717) is 33.3 Å². The van der Waals surface area contributed by atoms with Gasteiger partial charge in [0.2, 0.25) is 0 Å². The molecular weight excluding hydrogens is 573 g/mol. The van der Waals surface area contributed by atoms with Crippen LogP contribution >= 0.6 is 20.1 Å². The van der Waals surface area contributed by atoms with E-state index in [4.69, 9.17) is 0 Å². The third kappa shape index (κ3) is 4.38. The molecule has 0 bridgehead atoms. The fraction of sp³-hybridized carbons (Fsp3) is 0.444. The predicted molar refractivity (Wildman–Crippen MR) is 152 cm³/mol. The molecule has 7 heteroatoms. The number of aryl methyl sites for hydroxylation is 3. The van der Waals surface area contributed by atoms with E-state index in [-0.39, 0.29) is 4.90 Å². The van der Waals surface area contributed by atoms with Crippen LogP contribution in [0.2, 0.25) is 16.6 Å². The molecule has 0 radical (unpaired) electrons. The van der Waals surface area contributed by atoms with Crippen molar-refractivity contribution < 1.29 is 13.2 Å². The van der Waals surface area contributed by atoms with E-state index in [1.807, 2.05) is 31.2 Å². The van der Waals surface area contributed by atoms with E-state index in [2.05, 4.69) is 51.0 Å². The summed E-state index contributed by atoms with van der Waals surface area (Å²) in [5, 5.41) is 0. The number of carbonyl (C=O) groups is 1. The van der Waals surface area contributed by atoms with Crippen molar-refractivity contribution in [1.82, 2.24) is 2.52 Å². The third-order valence-corrected chi connectivity index (χ3v) is 22.1. The van der Waals surface area contributed by atoms with Gasteiger partial charge in [0.15, 0.2) is 0 Å². The SMILES string of the molecule is Cc1cc(C)c(S(=O)(=O)N2C(=O)c3ccccc3I2C#C[Si](C(C)C)(C(C)C)C(C)C)c(C)c1. The van der Waals surface area contributed by atoms with Gasteiger partial charge in [-0.15, -0.1) is 0 Å². The van der Waals surface area contributed by atoms with Gasteiger partial charge in [-0.1, -0.05) is 0 Å². The number of hydrogen-bond acceptors (Lipinski definition) is 3. The molecule has 0 saturated heterocycles. The molecule has 1 aliphatic heterocycles. The number of hydrogen-bond donors (Lipinski definition) is 0. The van der Waals surface area contributed by atoms with E-state index in [0.717, 1.165) is 9.13 Å². The van der Waals surface area contributed by atoms with Gasteiger partial charge in [0.1, 0.15) is 0 Å². The van der Waals surface area contributed by atoms with E-state index in [1.165, 1.54) is 2.52 Å². The zero-order valence-corrected chi connectivity index (χ0v) is 25.6. The van der Waals surface area contributed by atoms with Crippen molar-refractivity contribution in [3.63, 3.8) is 0 Å². The zero-order valence-electron chi connectivity index (χ0n) is 21.7. The fourth-order valence-electron chi connectivity index (χ4n) is 5.55. The van der Waals surface area contributed by atoms with Gasteiger partial charge in [-0.05, 0) is 0 Å².